The van der Waals surface area contributed by atoms with Gasteiger partial charge in [0.1, 0.15) is 17.3 Å². The van der Waals surface area contributed by atoms with Gasteiger partial charge < -0.3 is 14.5 Å². The van der Waals surface area contributed by atoms with Crippen molar-refractivity contribution >= 4 is 0 Å². The predicted molar refractivity (Wildman–Crippen MR) is 76.7 cm³/mol. The molecule has 1 heterocycles. The number of aryl methyl sites for hydroxylation is 1. The molecule has 1 unspecified atom stereocenters. The zero-order valence-corrected chi connectivity index (χ0v) is 12.4. The summed E-state index contributed by atoms with van der Waals surface area (Å²) in [6, 6.07) is 10.4. The minimum Gasteiger partial charge on any atom is -0.484 e. The summed E-state index contributed by atoms with van der Waals surface area (Å²) in [5.41, 5.74) is 0.961. The van der Waals surface area contributed by atoms with Crippen LogP contribution < -0.4 is 10.1 Å². The lowest BCUT2D eigenvalue weighted by atomic mass is 10.1. The summed E-state index contributed by atoms with van der Waals surface area (Å²) in [5.74, 6) is 1.90. The number of rotatable bonds is 6. The van der Waals surface area contributed by atoms with Gasteiger partial charge in [-0.1, -0.05) is 12.1 Å². The van der Waals surface area contributed by atoms with Gasteiger partial charge in [-0.2, -0.15) is 13.2 Å². The van der Waals surface area contributed by atoms with Crippen LogP contribution in [0.5, 0.6) is 5.75 Å². The van der Waals surface area contributed by atoms with Crippen molar-refractivity contribution in [2.45, 2.75) is 32.6 Å². The molecule has 0 saturated heterocycles. The molecule has 0 saturated carbocycles. The third kappa shape index (κ3) is 5.11. The molecule has 0 aliphatic carbocycles. The molecule has 22 heavy (non-hydrogen) atoms. The van der Waals surface area contributed by atoms with Gasteiger partial charge in [-0.3, -0.25) is 0 Å². The van der Waals surface area contributed by atoms with E-state index in [-0.39, 0.29) is 11.8 Å². The monoisotopic (exact) mass is 313 g/mol. The molecule has 1 aromatic carbocycles. The van der Waals surface area contributed by atoms with E-state index in [0.717, 1.165) is 17.1 Å². The second kappa shape index (κ2) is 6.87. The Morgan fingerprint density at radius 2 is 1.82 bits per heavy atom. The van der Waals surface area contributed by atoms with Crippen molar-refractivity contribution in [1.82, 2.24) is 5.32 Å². The minimum absolute atomic E-state index is 0.0436. The van der Waals surface area contributed by atoms with Crippen LogP contribution in [0.2, 0.25) is 0 Å². The highest BCUT2D eigenvalue weighted by atomic mass is 19.4. The van der Waals surface area contributed by atoms with Crippen LogP contribution in [0.1, 0.15) is 30.0 Å². The fourth-order valence-electron chi connectivity index (χ4n) is 1.97. The van der Waals surface area contributed by atoms with Gasteiger partial charge in [0.25, 0.3) is 0 Å². The first kappa shape index (κ1) is 16.4. The van der Waals surface area contributed by atoms with Crippen molar-refractivity contribution in [2.24, 2.45) is 0 Å². The molecule has 1 aromatic heterocycles. The zero-order chi connectivity index (χ0) is 16.2. The molecule has 6 heteroatoms. The second-order valence-corrected chi connectivity index (χ2v) is 5.09. The molecule has 2 rings (SSSR count). The first-order valence-electron chi connectivity index (χ1n) is 6.92. The molecule has 2 aromatic rings. The molecule has 0 radical (unpaired) electrons. The van der Waals surface area contributed by atoms with Gasteiger partial charge >= 0.3 is 6.18 Å². The maximum atomic E-state index is 12.1. The van der Waals surface area contributed by atoms with Crippen molar-refractivity contribution in [3.63, 3.8) is 0 Å². The molecule has 0 aliphatic heterocycles. The van der Waals surface area contributed by atoms with E-state index in [1.54, 1.807) is 12.1 Å². The fourth-order valence-corrected chi connectivity index (χ4v) is 1.97. The Kier molecular flexibility index (Phi) is 5.13. The van der Waals surface area contributed by atoms with Gasteiger partial charge in [0, 0.05) is 6.04 Å². The number of furan rings is 1. The largest absolute Gasteiger partial charge is 0.484 e. The zero-order valence-electron chi connectivity index (χ0n) is 12.4. The number of hydrogen-bond acceptors (Lipinski definition) is 3. The highest BCUT2D eigenvalue weighted by Crippen LogP contribution is 2.21. The van der Waals surface area contributed by atoms with Crippen LogP contribution in [-0.2, 0) is 6.54 Å². The summed E-state index contributed by atoms with van der Waals surface area (Å²) >= 11 is 0. The third-order valence-corrected chi connectivity index (χ3v) is 3.16. The van der Waals surface area contributed by atoms with Gasteiger partial charge in [0.05, 0.1) is 6.54 Å². The normalized spacial score (nSPS) is 13.1. The molecule has 0 bridgehead atoms. The molecule has 0 fully saturated rings. The summed E-state index contributed by atoms with van der Waals surface area (Å²) in [7, 11) is 0. The Morgan fingerprint density at radius 3 is 2.36 bits per heavy atom. The van der Waals surface area contributed by atoms with E-state index in [0.29, 0.717) is 6.54 Å². The van der Waals surface area contributed by atoms with Gasteiger partial charge in [0.15, 0.2) is 6.61 Å². The first-order chi connectivity index (χ1) is 10.3. The van der Waals surface area contributed by atoms with E-state index in [9.17, 15) is 13.2 Å². The van der Waals surface area contributed by atoms with Crippen molar-refractivity contribution in [1.29, 1.82) is 0 Å². The average Bonchev–Trinajstić information content (AvgIpc) is 2.88. The SMILES string of the molecule is Cc1ccc(CNC(C)c2ccc(OCC(F)(F)F)cc2)o1. The number of halogens is 3. The van der Waals surface area contributed by atoms with Gasteiger partial charge in [0.2, 0.25) is 0 Å². The Morgan fingerprint density at radius 1 is 1.14 bits per heavy atom. The quantitative estimate of drug-likeness (QED) is 0.859. The average molecular weight is 313 g/mol. The van der Waals surface area contributed by atoms with Crippen LogP contribution in [0.3, 0.4) is 0 Å². The van der Waals surface area contributed by atoms with Crippen LogP contribution in [0, 0.1) is 6.92 Å². The molecule has 0 aliphatic rings. The van der Waals surface area contributed by atoms with E-state index in [2.05, 4.69) is 10.1 Å². The summed E-state index contributed by atoms with van der Waals surface area (Å²) in [4.78, 5) is 0. The Balaban J connectivity index is 1.86. The molecule has 120 valence electrons. The van der Waals surface area contributed by atoms with Crippen LogP contribution in [0.4, 0.5) is 13.2 Å². The Hall–Kier alpha value is -1.95. The van der Waals surface area contributed by atoms with Gasteiger partial charge in [-0.05, 0) is 43.7 Å². The van der Waals surface area contributed by atoms with E-state index in [1.165, 1.54) is 12.1 Å². The highest BCUT2D eigenvalue weighted by molar-refractivity contribution is 5.29. The third-order valence-electron chi connectivity index (χ3n) is 3.16. The molecule has 0 spiro atoms. The van der Waals surface area contributed by atoms with Crippen LogP contribution in [0.15, 0.2) is 40.8 Å². The maximum absolute atomic E-state index is 12.1. The Labute approximate surface area is 127 Å². The van der Waals surface area contributed by atoms with E-state index in [4.69, 9.17) is 4.42 Å². The number of ether oxygens (including phenoxy) is 1. The van der Waals surface area contributed by atoms with Crippen molar-refractivity contribution < 1.29 is 22.3 Å². The van der Waals surface area contributed by atoms with E-state index >= 15 is 0 Å². The van der Waals surface area contributed by atoms with E-state index < -0.39 is 12.8 Å². The predicted octanol–water partition coefficient (Wildman–Crippen LogP) is 4.38. The summed E-state index contributed by atoms with van der Waals surface area (Å²) in [5, 5.41) is 3.29. The molecule has 0 amide bonds. The highest BCUT2D eigenvalue weighted by Gasteiger charge is 2.28. The number of alkyl halides is 3. The first-order valence-corrected chi connectivity index (χ1v) is 6.92. The lowest BCUT2D eigenvalue weighted by Gasteiger charge is -2.14. The van der Waals surface area contributed by atoms with Gasteiger partial charge in [-0.15, -0.1) is 0 Å². The minimum atomic E-state index is -4.32. The van der Waals surface area contributed by atoms with Crippen molar-refractivity contribution in [3.8, 4) is 5.75 Å². The van der Waals surface area contributed by atoms with Crippen LogP contribution in [-0.4, -0.2) is 12.8 Å². The fraction of sp³-hybridized carbons (Fsp3) is 0.375. The topological polar surface area (TPSA) is 34.4 Å². The van der Waals surface area contributed by atoms with Crippen LogP contribution in [0.25, 0.3) is 0 Å². The van der Waals surface area contributed by atoms with Crippen molar-refractivity contribution in [3.05, 3.63) is 53.5 Å². The molecule has 1 atom stereocenters. The summed E-state index contributed by atoms with van der Waals surface area (Å²) < 4.78 is 46.3. The number of benzene rings is 1. The number of hydrogen-bond donors (Lipinski definition) is 1. The van der Waals surface area contributed by atoms with Crippen molar-refractivity contribution in [2.75, 3.05) is 6.61 Å². The summed E-state index contributed by atoms with van der Waals surface area (Å²) in [6.45, 7) is 3.16. The standard InChI is InChI=1S/C16H18F3NO2/c1-11-3-6-15(22-11)9-20-12(2)13-4-7-14(8-5-13)21-10-16(17,18)19/h3-8,12,20H,9-10H2,1-2H3. The molecular weight excluding hydrogens is 295 g/mol. The van der Waals surface area contributed by atoms with E-state index in [1.807, 2.05) is 26.0 Å². The summed E-state index contributed by atoms with van der Waals surface area (Å²) in [6.07, 6.45) is -4.32. The number of nitrogens with one attached hydrogen (secondary N) is 1. The van der Waals surface area contributed by atoms with Gasteiger partial charge in [-0.25, -0.2) is 0 Å². The second-order valence-electron chi connectivity index (χ2n) is 5.09. The lowest BCUT2D eigenvalue weighted by Crippen LogP contribution is -2.19. The smallest absolute Gasteiger partial charge is 0.422 e. The molecule has 3 nitrogen and oxygen atoms in total. The maximum Gasteiger partial charge on any atom is 0.422 e. The van der Waals surface area contributed by atoms with Crippen LogP contribution >= 0.6 is 0 Å². The molecular formula is C16H18F3NO2. The lowest BCUT2D eigenvalue weighted by molar-refractivity contribution is -0.153. The molecule has 1 N–H and O–H groups in total. The Bertz CT molecular complexity index is 590.